The molecule has 3 heterocycles. The number of allylic oxidation sites excluding steroid dienone is 1. The average Bonchev–Trinajstić information content (AvgIpc) is 3.40. The molecule has 75 heavy (non-hydrogen) atoms. The topological polar surface area (TPSA) is 195 Å². The monoisotopic (exact) mass is 1040 g/mol. The van der Waals surface area contributed by atoms with Gasteiger partial charge < -0.3 is 39.6 Å². The molecule has 0 saturated carbocycles. The molecule has 3 amide bonds. The molecule has 6 rings (SSSR count). The van der Waals surface area contributed by atoms with Crippen molar-refractivity contribution in [3.8, 4) is 0 Å². The van der Waals surface area contributed by atoms with Gasteiger partial charge in [0.05, 0.1) is 49.6 Å². The van der Waals surface area contributed by atoms with Crippen molar-refractivity contribution < 1.29 is 46.6 Å². The van der Waals surface area contributed by atoms with Gasteiger partial charge in [0.15, 0.2) is 0 Å². The van der Waals surface area contributed by atoms with Crippen LogP contribution in [0.15, 0.2) is 102 Å². The van der Waals surface area contributed by atoms with Crippen LogP contribution in [0.1, 0.15) is 64.7 Å². The fraction of sp³-hybridized carbons (Fsp3) is 0.436. The van der Waals surface area contributed by atoms with Crippen LogP contribution in [-0.2, 0) is 53.6 Å². The van der Waals surface area contributed by atoms with Gasteiger partial charge in [0.25, 0.3) is 0 Å². The number of halogens is 3. The third-order valence-electron chi connectivity index (χ3n) is 14.1. The van der Waals surface area contributed by atoms with Crippen molar-refractivity contribution in [2.24, 2.45) is 0 Å². The van der Waals surface area contributed by atoms with Gasteiger partial charge in [-0.2, -0.15) is 13.2 Å². The maximum absolute atomic E-state index is 14.8. The number of amidine groups is 1. The second-order valence-electron chi connectivity index (χ2n) is 19.3. The zero-order valence-electron chi connectivity index (χ0n) is 43.1. The maximum Gasteiger partial charge on any atom is 0.418 e. The quantitative estimate of drug-likeness (QED) is 0.0296. The van der Waals surface area contributed by atoms with Gasteiger partial charge in [0.1, 0.15) is 18.4 Å². The van der Waals surface area contributed by atoms with Crippen LogP contribution >= 0.6 is 0 Å². The van der Waals surface area contributed by atoms with Gasteiger partial charge >= 0.3 is 6.18 Å². The molecule has 2 saturated heterocycles. The Hall–Kier alpha value is -7.00. The van der Waals surface area contributed by atoms with Crippen molar-refractivity contribution in [1.29, 1.82) is 10.8 Å². The lowest BCUT2D eigenvalue weighted by molar-refractivity contribution is -0.121. The molecule has 0 aromatic heterocycles. The van der Waals surface area contributed by atoms with Crippen LogP contribution in [-0.4, -0.2) is 162 Å². The molecule has 3 aliphatic rings. The summed E-state index contributed by atoms with van der Waals surface area (Å²) in [6.07, 6.45) is 5.66. The Balaban J connectivity index is 1.02. The number of ether oxygens (including phenoxy) is 2. The number of amides is 3. The molecule has 2 fully saturated rings. The van der Waals surface area contributed by atoms with E-state index >= 15 is 0 Å². The molecular formula is C55H69F3N10O7. The summed E-state index contributed by atoms with van der Waals surface area (Å²) in [5.74, 6) is 0.0783. The van der Waals surface area contributed by atoms with Gasteiger partial charge in [-0.05, 0) is 97.0 Å². The summed E-state index contributed by atoms with van der Waals surface area (Å²) >= 11 is 0. The van der Waals surface area contributed by atoms with Crippen LogP contribution in [0.3, 0.4) is 0 Å². The molecule has 0 spiro atoms. The molecule has 20 heteroatoms. The van der Waals surface area contributed by atoms with E-state index in [0.717, 1.165) is 57.8 Å². The molecule has 0 aliphatic carbocycles. The molecular weight excluding hydrogens is 970 g/mol. The van der Waals surface area contributed by atoms with Crippen LogP contribution < -0.4 is 20.4 Å². The summed E-state index contributed by atoms with van der Waals surface area (Å²) in [5.41, 5.74) is 4.19. The zero-order valence-corrected chi connectivity index (χ0v) is 43.1. The largest absolute Gasteiger partial charge is 0.418 e. The SMILES string of the molecule is CNC(=O)CCC(C=O)N(C)Cc1cc(N(CCNC=O)CCc2ccc(COC3CCN(CC4=CN(C=O)/C(=C\N(C)c5cccc(C6(CC(=N)N(C)C=N)COC6)c5)C(C(F)(F)F)=C4)CC3)cc2)ccc1C=O. The highest BCUT2D eigenvalue weighted by atomic mass is 19.4. The lowest BCUT2D eigenvalue weighted by Crippen LogP contribution is -2.49. The van der Waals surface area contributed by atoms with E-state index in [1.165, 1.54) is 17.3 Å². The van der Waals surface area contributed by atoms with Crippen LogP contribution in [0.5, 0.6) is 0 Å². The highest BCUT2D eigenvalue weighted by Gasteiger charge is 2.43. The molecule has 3 aromatic rings. The second-order valence-corrected chi connectivity index (χ2v) is 19.3. The van der Waals surface area contributed by atoms with E-state index in [9.17, 15) is 37.1 Å². The Morgan fingerprint density at radius 3 is 2.33 bits per heavy atom. The normalized spacial score (nSPS) is 16.7. The van der Waals surface area contributed by atoms with Crippen molar-refractivity contribution in [3.63, 3.8) is 0 Å². The molecule has 4 N–H and O–H groups in total. The van der Waals surface area contributed by atoms with E-state index in [0.29, 0.717) is 121 Å². The third kappa shape index (κ3) is 15.5. The number of carbonyl (C=O) groups is 5. The number of nitrogens with one attached hydrogen (secondary N) is 4. The van der Waals surface area contributed by atoms with Gasteiger partial charge in [-0.25, -0.2) is 0 Å². The maximum atomic E-state index is 14.8. The van der Waals surface area contributed by atoms with Crippen LogP contribution in [0.25, 0.3) is 0 Å². The second kappa shape index (κ2) is 27.0. The van der Waals surface area contributed by atoms with Crippen LogP contribution in [0.2, 0.25) is 0 Å². The fourth-order valence-corrected chi connectivity index (χ4v) is 9.40. The first-order valence-corrected chi connectivity index (χ1v) is 25.0. The molecule has 0 radical (unpaired) electrons. The van der Waals surface area contributed by atoms with Gasteiger partial charge in [-0.3, -0.25) is 44.7 Å². The van der Waals surface area contributed by atoms with Crippen LogP contribution in [0.4, 0.5) is 24.5 Å². The first-order chi connectivity index (χ1) is 36.0. The molecule has 3 aromatic carbocycles. The van der Waals surface area contributed by atoms with E-state index in [2.05, 4.69) is 20.4 Å². The van der Waals surface area contributed by atoms with Crippen molar-refractivity contribution in [1.82, 2.24) is 30.2 Å². The number of alkyl halides is 3. The minimum absolute atomic E-state index is 0.0461. The number of likely N-dealkylation sites (N-methyl/N-ethyl adjacent to an activating group) is 1. The standard InChI is InChI=1S/C55H69F3N10O7/c1-61-53(73)15-14-48(33-70)63(2)30-44-25-47(13-12-43(44)32-69)67(23-19-62-38-71)22-16-40-8-10-41(11-9-40)34-75-49-17-20-66(21-18-49)28-42-24-50(55(56,57)58)51(68(29-42)39-72)31-64(3)46-7-5-6-45(26-46)54(35-74-36-54)27-52(60)65(4)37-59/h5-13,24-26,29,31-33,37-39,48-49,59-60H,14-23,27-28,30,34-36H2,1-4H3,(H,61,73)(H,62,71)/b51-31-,59-37?,60-52?. The number of carbonyl (C=O) groups excluding carboxylic acids is 5. The Morgan fingerprint density at radius 1 is 0.973 bits per heavy atom. The Labute approximate surface area is 437 Å². The predicted octanol–water partition coefficient (Wildman–Crippen LogP) is 5.80. The van der Waals surface area contributed by atoms with Gasteiger partial charge in [-0.1, -0.05) is 36.4 Å². The summed E-state index contributed by atoms with van der Waals surface area (Å²) in [5, 5.41) is 21.2. The minimum Gasteiger partial charge on any atom is -0.379 e. The highest BCUT2D eigenvalue weighted by molar-refractivity contribution is 5.89. The summed E-state index contributed by atoms with van der Waals surface area (Å²) in [4.78, 5) is 69.3. The first kappa shape index (κ1) is 57.3. The highest BCUT2D eigenvalue weighted by Crippen LogP contribution is 2.40. The number of aldehydes is 2. The summed E-state index contributed by atoms with van der Waals surface area (Å²) < 4.78 is 56.2. The Bertz CT molecular complexity index is 2580. The lowest BCUT2D eigenvalue weighted by Gasteiger charge is -2.43. The van der Waals surface area contributed by atoms with Gasteiger partial charge in [0, 0.05) is 115 Å². The van der Waals surface area contributed by atoms with Crippen molar-refractivity contribution in [2.75, 3.05) is 90.5 Å². The minimum atomic E-state index is -4.76. The molecule has 1 atom stereocenters. The summed E-state index contributed by atoms with van der Waals surface area (Å²) in [6.45, 7) is 4.33. The molecule has 402 valence electrons. The molecule has 0 bridgehead atoms. The van der Waals surface area contributed by atoms with E-state index < -0.39 is 23.2 Å². The number of benzene rings is 3. The Kier molecular flexibility index (Phi) is 20.6. The average molecular weight is 1040 g/mol. The predicted molar refractivity (Wildman–Crippen MR) is 282 cm³/mol. The van der Waals surface area contributed by atoms with E-state index in [1.54, 1.807) is 51.3 Å². The smallest absolute Gasteiger partial charge is 0.379 e. The number of nitrogens with zero attached hydrogens (tertiary/aromatic N) is 6. The summed E-state index contributed by atoms with van der Waals surface area (Å²) in [6, 6.07) is 20.5. The third-order valence-corrected chi connectivity index (χ3v) is 14.1. The van der Waals surface area contributed by atoms with Crippen molar-refractivity contribution in [3.05, 3.63) is 130 Å². The van der Waals surface area contributed by atoms with E-state index in [4.69, 9.17) is 20.3 Å². The summed E-state index contributed by atoms with van der Waals surface area (Å²) in [7, 11) is 6.58. The number of rotatable bonds is 28. The number of piperidine rings is 1. The van der Waals surface area contributed by atoms with Crippen molar-refractivity contribution >= 4 is 54.8 Å². The van der Waals surface area contributed by atoms with Crippen LogP contribution in [0, 0.1) is 10.8 Å². The molecule has 17 nitrogen and oxygen atoms in total. The number of hydrogen-bond acceptors (Lipinski definition) is 13. The number of likely N-dealkylation sites (tertiary alicyclic amines) is 1. The van der Waals surface area contributed by atoms with Gasteiger partial charge in [0.2, 0.25) is 18.7 Å². The first-order valence-electron chi connectivity index (χ1n) is 25.0. The Morgan fingerprint density at radius 2 is 1.71 bits per heavy atom. The lowest BCUT2D eigenvalue weighted by atomic mass is 9.75. The number of hydrogen-bond donors (Lipinski definition) is 4. The van der Waals surface area contributed by atoms with Gasteiger partial charge in [-0.15, -0.1) is 0 Å². The fourth-order valence-electron chi connectivity index (χ4n) is 9.40. The number of anilines is 2. The van der Waals surface area contributed by atoms with E-state index in [-0.39, 0.29) is 36.5 Å². The van der Waals surface area contributed by atoms with Crippen molar-refractivity contribution in [2.45, 2.75) is 75.4 Å². The molecule has 3 aliphatic heterocycles. The van der Waals surface area contributed by atoms with E-state index in [1.807, 2.05) is 53.4 Å². The zero-order chi connectivity index (χ0) is 54.1. The molecule has 1 unspecified atom stereocenters.